The van der Waals surface area contributed by atoms with Crippen LogP contribution in [0.25, 0.3) is 0 Å². The van der Waals surface area contributed by atoms with Crippen molar-refractivity contribution in [3.8, 4) is 0 Å². The van der Waals surface area contributed by atoms with Gasteiger partial charge in [0, 0.05) is 31.4 Å². The minimum atomic E-state index is 0.316. The number of hydrogen-bond acceptors (Lipinski definition) is 2. The number of aromatic nitrogens is 1. The number of fused-ring (bicyclic) bond motifs is 1. The lowest BCUT2D eigenvalue weighted by atomic mass is 9.81. The van der Waals surface area contributed by atoms with Crippen LogP contribution >= 0.6 is 0 Å². The Morgan fingerprint density at radius 2 is 1.88 bits per heavy atom. The molecule has 0 radical (unpaired) electrons. The molecule has 1 saturated carbocycles. The van der Waals surface area contributed by atoms with Gasteiger partial charge in [-0.25, -0.2) is 0 Å². The van der Waals surface area contributed by atoms with Gasteiger partial charge in [0.1, 0.15) is 0 Å². The summed E-state index contributed by atoms with van der Waals surface area (Å²) in [6.45, 7) is 0.723. The maximum Gasteiger partial charge on any atom is 0.223 e. The van der Waals surface area contributed by atoms with Crippen molar-refractivity contribution in [2.75, 3.05) is 0 Å². The highest BCUT2D eigenvalue weighted by Gasteiger charge is 2.34. The van der Waals surface area contributed by atoms with Crippen molar-refractivity contribution in [1.82, 2.24) is 9.88 Å². The normalized spacial score (nSPS) is 19.6. The van der Waals surface area contributed by atoms with Crippen molar-refractivity contribution in [2.45, 2.75) is 57.0 Å². The first kappa shape index (κ1) is 15.4. The van der Waals surface area contributed by atoms with Gasteiger partial charge in [-0.05, 0) is 66.8 Å². The molecule has 1 heterocycles. The molecule has 2 aromatic rings. The van der Waals surface area contributed by atoms with Crippen LogP contribution in [0.3, 0.4) is 0 Å². The predicted molar refractivity (Wildman–Crippen MR) is 94.5 cm³/mol. The zero-order chi connectivity index (χ0) is 16.4. The highest BCUT2D eigenvalue weighted by molar-refractivity contribution is 5.78. The van der Waals surface area contributed by atoms with E-state index in [1.54, 1.807) is 0 Å². The number of benzene rings is 1. The summed E-state index contributed by atoms with van der Waals surface area (Å²) in [7, 11) is 0. The zero-order valence-electron chi connectivity index (χ0n) is 14.0. The van der Waals surface area contributed by atoms with Gasteiger partial charge in [0.25, 0.3) is 0 Å². The van der Waals surface area contributed by atoms with Crippen LogP contribution in [-0.2, 0) is 17.8 Å². The molecule has 1 amide bonds. The lowest BCUT2D eigenvalue weighted by Gasteiger charge is -2.29. The average Bonchev–Trinajstić information content (AvgIpc) is 3.46. The number of carbonyl (C=O) groups is 1. The van der Waals surface area contributed by atoms with E-state index in [0.717, 1.165) is 32.2 Å². The SMILES string of the molecule is O=C(CC1CCCc2ccccc21)N(Cc1ccncc1)C1CC1. The molecule has 1 aromatic carbocycles. The summed E-state index contributed by atoms with van der Waals surface area (Å²) in [6, 6.07) is 13.1. The highest BCUT2D eigenvalue weighted by atomic mass is 16.2. The number of aryl methyl sites for hydroxylation is 1. The third kappa shape index (κ3) is 3.35. The second-order valence-electron chi connectivity index (χ2n) is 7.10. The molecule has 3 nitrogen and oxygen atoms in total. The van der Waals surface area contributed by atoms with Gasteiger partial charge >= 0.3 is 0 Å². The lowest BCUT2D eigenvalue weighted by molar-refractivity contribution is -0.132. The molecule has 2 aliphatic carbocycles. The minimum absolute atomic E-state index is 0.316. The van der Waals surface area contributed by atoms with Crippen molar-refractivity contribution in [3.05, 3.63) is 65.5 Å². The Balaban J connectivity index is 1.48. The monoisotopic (exact) mass is 320 g/mol. The molecule has 24 heavy (non-hydrogen) atoms. The van der Waals surface area contributed by atoms with Gasteiger partial charge in [-0.2, -0.15) is 0 Å². The first-order valence-electron chi connectivity index (χ1n) is 9.07. The summed E-state index contributed by atoms with van der Waals surface area (Å²) < 4.78 is 0. The van der Waals surface area contributed by atoms with E-state index in [1.807, 2.05) is 24.5 Å². The Morgan fingerprint density at radius 1 is 1.08 bits per heavy atom. The molecule has 1 atom stereocenters. The molecule has 0 saturated heterocycles. The first-order chi connectivity index (χ1) is 11.8. The first-order valence-corrected chi connectivity index (χ1v) is 9.07. The van der Waals surface area contributed by atoms with Gasteiger partial charge in [-0.3, -0.25) is 9.78 Å². The molecule has 124 valence electrons. The fourth-order valence-electron chi connectivity index (χ4n) is 3.89. The van der Waals surface area contributed by atoms with Crippen LogP contribution < -0.4 is 0 Å². The zero-order valence-corrected chi connectivity index (χ0v) is 14.0. The minimum Gasteiger partial charge on any atom is -0.335 e. The molecule has 0 bridgehead atoms. The Hall–Kier alpha value is -2.16. The van der Waals surface area contributed by atoms with Crippen LogP contribution in [0.15, 0.2) is 48.8 Å². The van der Waals surface area contributed by atoms with E-state index >= 15 is 0 Å². The van der Waals surface area contributed by atoms with Crippen LogP contribution in [-0.4, -0.2) is 21.8 Å². The Labute approximate surface area is 143 Å². The quantitative estimate of drug-likeness (QED) is 0.831. The van der Waals surface area contributed by atoms with E-state index in [2.05, 4.69) is 34.1 Å². The maximum absolute atomic E-state index is 13.0. The number of rotatable bonds is 5. The van der Waals surface area contributed by atoms with Crippen molar-refractivity contribution in [1.29, 1.82) is 0 Å². The third-order valence-electron chi connectivity index (χ3n) is 5.32. The molecule has 4 rings (SSSR count). The van der Waals surface area contributed by atoms with E-state index in [4.69, 9.17) is 0 Å². The molecule has 0 spiro atoms. The van der Waals surface area contributed by atoms with E-state index in [1.165, 1.54) is 23.1 Å². The van der Waals surface area contributed by atoms with Gasteiger partial charge in [-0.15, -0.1) is 0 Å². The maximum atomic E-state index is 13.0. The second kappa shape index (κ2) is 6.76. The van der Waals surface area contributed by atoms with Gasteiger partial charge in [0.2, 0.25) is 5.91 Å². The van der Waals surface area contributed by atoms with Crippen LogP contribution in [0.4, 0.5) is 0 Å². The van der Waals surface area contributed by atoms with Crippen molar-refractivity contribution in [3.63, 3.8) is 0 Å². The standard InChI is InChI=1S/C21H24N2O/c24-21(14-18-6-3-5-17-4-1-2-7-20(17)18)23(19-8-9-19)15-16-10-12-22-13-11-16/h1-2,4,7,10-13,18-19H,3,5-6,8-9,14-15H2. The Bertz CT molecular complexity index is 709. The third-order valence-corrected chi connectivity index (χ3v) is 5.32. The molecule has 0 aliphatic heterocycles. The number of amides is 1. The van der Waals surface area contributed by atoms with Gasteiger partial charge in [0.15, 0.2) is 0 Å². The van der Waals surface area contributed by atoms with E-state index in [9.17, 15) is 4.79 Å². The Kier molecular flexibility index (Phi) is 4.33. The van der Waals surface area contributed by atoms with Crippen molar-refractivity contribution < 1.29 is 4.79 Å². The van der Waals surface area contributed by atoms with Crippen LogP contribution in [0.5, 0.6) is 0 Å². The molecule has 3 heteroatoms. The molecular weight excluding hydrogens is 296 g/mol. The summed E-state index contributed by atoms with van der Waals surface area (Å²) in [5.41, 5.74) is 4.01. The topological polar surface area (TPSA) is 33.2 Å². The fraction of sp³-hybridized carbons (Fsp3) is 0.429. The summed E-state index contributed by atoms with van der Waals surface area (Å²) in [5.74, 6) is 0.706. The second-order valence-corrected chi connectivity index (χ2v) is 7.10. The summed E-state index contributed by atoms with van der Waals surface area (Å²) in [4.78, 5) is 19.2. The van der Waals surface area contributed by atoms with E-state index < -0.39 is 0 Å². The fourth-order valence-corrected chi connectivity index (χ4v) is 3.89. The number of hydrogen-bond donors (Lipinski definition) is 0. The molecule has 1 fully saturated rings. The van der Waals surface area contributed by atoms with Crippen molar-refractivity contribution in [2.24, 2.45) is 0 Å². The number of pyridine rings is 1. The highest BCUT2D eigenvalue weighted by Crippen LogP contribution is 2.36. The summed E-state index contributed by atoms with van der Waals surface area (Å²) >= 11 is 0. The largest absolute Gasteiger partial charge is 0.335 e. The summed E-state index contributed by atoms with van der Waals surface area (Å²) in [6.07, 6.45) is 10.1. The number of carbonyl (C=O) groups excluding carboxylic acids is 1. The van der Waals surface area contributed by atoms with Gasteiger partial charge < -0.3 is 4.90 Å². The predicted octanol–water partition coefficient (Wildman–Crippen LogP) is 4.08. The lowest BCUT2D eigenvalue weighted by Crippen LogP contribution is -2.34. The van der Waals surface area contributed by atoms with Gasteiger partial charge in [0.05, 0.1) is 0 Å². The number of nitrogens with zero attached hydrogens (tertiary/aromatic N) is 2. The van der Waals surface area contributed by atoms with Crippen LogP contribution in [0.1, 0.15) is 54.7 Å². The van der Waals surface area contributed by atoms with Crippen molar-refractivity contribution >= 4 is 5.91 Å². The molecule has 1 unspecified atom stereocenters. The summed E-state index contributed by atoms with van der Waals surface area (Å²) in [5, 5.41) is 0. The van der Waals surface area contributed by atoms with E-state index in [0.29, 0.717) is 24.3 Å². The van der Waals surface area contributed by atoms with Gasteiger partial charge in [-0.1, -0.05) is 24.3 Å². The molecular formula is C21H24N2O. The smallest absolute Gasteiger partial charge is 0.223 e. The van der Waals surface area contributed by atoms with Crippen LogP contribution in [0.2, 0.25) is 0 Å². The molecule has 2 aliphatic rings. The van der Waals surface area contributed by atoms with E-state index in [-0.39, 0.29) is 0 Å². The Morgan fingerprint density at radius 3 is 2.67 bits per heavy atom. The average molecular weight is 320 g/mol. The molecule has 0 N–H and O–H groups in total. The molecule has 1 aromatic heterocycles. The van der Waals surface area contributed by atoms with Crippen LogP contribution in [0, 0.1) is 0 Å².